The molecule has 1 spiro atoms. The number of rotatable bonds is 2. The lowest BCUT2D eigenvalue weighted by molar-refractivity contribution is -0.121. The van der Waals surface area contributed by atoms with Crippen LogP contribution in [0.4, 0.5) is 0 Å². The Labute approximate surface area is 147 Å². The summed E-state index contributed by atoms with van der Waals surface area (Å²) >= 11 is 0. The predicted octanol–water partition coefficient (Wildman–Crippen LogP) is 2.36. The van der Waals surface area contributed by atoms with Crippen molar-refractivity contribution in [2.24, 2.45) is 0 Å². The number of likely N-dealkylation sites (tertiary alicyclic amines) is 1. The van der Waals surface area contributed by atoms with Gasteiger partial charge in [-0.3, -0.25) is 14.6 Å². The second-order valence-corrected chi connectivity index (χ2v) is 6.97. The Kier molecular flexibility index (Phi) is 3.99. The van der Waals surface area contributed by atoms with E-state index in [1.54, 1.807) is 24.5 Å². The summed E-state index contributed by atoms with van der Waals surface area (Å²) in [7, 11) is 0. The van der Waals surface area contributed by atoms with Gasteiger partial charge in [0.05, 0.1) is 11.5 Å². The summed E-state index contributed by atoms with van der Waals surface area (Å²) in [6.07, 6.45) is 5.68. The van der Waals surface area contributed by atoms with Gasteiger partial charge in [-0.05, 0) is 37.0 Å². The highest BCUT2D eigenvalue weighted by atomic mass is 16.2. The summed E-state index contributed by atoms with van der Waals surface area (Å²) < 4.78 is 0. The van der Waals surface area contributed by atoms with E-state index in [2.05, 4.69) is 10.3 Å². The molecule has 5 heteroatoms. The van der Waals surface area contributed by atoms with Crippen LogP contribution in [0.25, 0.3) is 0 Å². The Morgan fingerprint density at radius 1 is 1.12 bits per heavy atom. The molecule has 25 heavy (non-hydrogen) atoms. The fraction of sp³-hybridized carbons (Fsp3) is 0.350. The van der Waals surface area contributed by atoms with Crippen LogP contribution >= 0.6 is 0 Å². The smallest absolute Gasteiger partial charge is 0.255 e. The molecule has 1 atom stereocenters. The van der Waals surface area contributed by atoms with Crippen molar-refractivity contribution in [3.63, 3.8) is 0 Å². The van der Waals surface area contributed by atoms with Crippen molar-refractivity contribution in [1.82, 2.24) is 15.2 Å². The molecule has 0 saturated carbocycles. The third-order valence-electron chi connectivity index (χ3n) is 5.42. The molecule has 128 valence electrons. The van der Waals surface area contributed by atoms with E-state index < -0.39 is 0 Å². The lowest BCUT2D eigenvalue weighted by Crippen LogP contribution is -2.52. The highest BCUT2D eigenvalue weighted by molar-refractivity contribution is 5.94. The van der Waals surface area contributed by atoms with Crippen molar-refractivity contribution in [1.29, 1.82) is 0 Å². The molecular weight excluding hydrogens is 314 g/mol. The van der Waals surface area contributed by atoms with Gasteiger partial charge in [-0.25, -0.2) is 0 Å². The van der Waals surface area contributed by atoms with Gasteiger partial charge in [-0.15, -0.1) is 0 Å². The highest BCUT2D eigenvalue weighted by Gasteiger charge is 2.46. The molecule has 1 unspecified atom stereocenters. The first-order valence-corrected chi connectivity index (χ1v) is 8.73. The normalized spacial score (nSPS) is 22.0. The number of nitrogens with one attached hydrogen (secondary N) is 1. The van der Waals surface area contributed by atoms with Crippen LogP contribution < -0.4 is 5.32 Å². The minimum atomic E-state index is -0.177. The molecular formula is C20H21N3O2. The zero-order valence-corrected chi connectivity index (χ0v) is 14.0. The summed E-state index contributed by atoms with van der Waals surface area (Å²) in [4.78, 5) is 30.9. The molecule has 2 aliphatic rings. The number of carbonyl (C=O) groups is 2. The Bertz CT molecular complexity index is 768. The van der Waals surface area contributed by atoms with E-state index in [4.69, 9.17) is 0 Å². The Morgan fingerprint density at radius 2 is 1.88 bits per heavy atom. The molecule has 1 aromatic carbocycles. The number of hydrogen-bond donors (Lipinski definition) is 1. The van der Waals surface area contributed by atoms with Crippen LogP contribution in [-0.2, 0) is 4.79 Å². The molecule has 5 nitrogen and oxygen atoms in total. The van der Waals surface area contributed by atoms with E-state index in [-0.39, 0.29) is 23.3 Å². The Morgan fingerprint density at radius 3 is 2.56 bits per heavy atom. The summed E-state index contributed by atoms with van der Waals surface area (Å²) in [6.45, 7) is 1.32. The second-order valence-electron chi connectivity index (χ2n) is 6.97. The number of hydrogen-bond acceptors (Lipinski definition) is 3. The monoisotopic (exact) mass is 335 g/mol. The van der Waals surface area contributed by atoms with Gasteiger partial charge in [0.2, 0.25) is 5.91 Å². The third kappa shape index (κ3) is 3.02. The first kappa shape index (κ1) is 15.8. The van der Waals surface area contributed by atoms with Crippen molar-refractivity contribution in [2.45, 2.75) is 30.7 Å². The Hall–Kier alpha value is -2.69. The maximum Gasteiger partial charge on any atom is 0.255 e. The maximum absolute atomic E-state index is 12.6. The average Bonchev–Trinajstić information content (AvgIpc) is 2.99. The molecule has 2 amide bonds. The molecule has 0 bridgehead atoms. The molecule has 1 N–H and O–H groups in total. The molecule has 2 aliphatic heterocycles. The predicted molar refractivity (Wildman–Crippen MR) is 94.0 cm³/mol. The molecule has 0 aliphatic carbocycles. The standard InChI is InChI=1S/C20H21N3O2/c24-18-17(15-5-2-1-3-6-15)13-20(22-18)8-11-23(12-9-20)19(25)16-7-4-10-21-14-16/h1-7,10,14,17H,8-9,11-13H2,(H,22,24). The Balaban J connectivity index is 1.43. The van der Waals surface area contributed by atoms with Gasteiger partial charge in [-0.2, -0.15) is 0 Å². The van der Waals surface area contributed by atoms with Crippen molar-refractivity contribution in [3.8, 4) is 0 Å². The molecule has 3 heterocycles. The van der Waals surface area contributed by atoms with E-state index >= 15 is 0 Å². The van der Waals surface area contributed by atoms with E-state index in [0.29, 0.717) is 18.7 Å². The van der Waals surface area contributed by atoms with Gasteiger partial charge in [0.15, 0.2) is 0 Å². The van der Waals surface area contributed by atoms with Gasteiger partial charge in [0.25, 0.3) is 5.91 Å². The zero-order valence-electron chi connectivity index (χ0n) is 14.0. The maximum atomic E-state index is 12.6. The third-order valence-corrected chi connectivity index (χ3v) is 5.42. The van der Waals surface area contributed by atoms with Gasteiger partial charge >= 0.3 is 0 Å². The molecule has 2 saturated heterocycles. The zero-order chi connectivity index (χ0) is 17.3. The summed E-state index contributed by atoms with van der Waals surface area (Å²) in [6, 6.07) is 13.5. The van der Waals surface area contributed by atoms with Gasteiger partial charge in [-0.1, -0.05) is 30.3 Å². The van der Waals surface area contributed by atoms with Crippen molar-refractivity contribution in [3.05, 3.63) is 66.0 Å². The average molecular weight is 335 g/mol. The number of piperidine rings is 1. The first-order chi connectivity index (χ1) is 12.2. The van der Waals surface area contributed by atoms with Crippen LogP contribution in [0, 0.1) is 0 Å². The number of carbonyl (C=O) groups excluding carboxylic acids is 2. The number of nitrogens with zero attached hydrogens (tertiary/aromatic N) is 2. The largest absolute Gasteiger partial charge is 0.350 e. The van der Waals surface area contributed by atoms with Crippen LogP contribution in [0.15, 0.2) is 54.9 Å². The van der Waals surface area contributed by atoms with Crippen molar-refractivity contribution >= 4 is 11.8 Å². The summed E-state index contributed by atoms with van der Waals surface area (Å²) in [5.41, 5.74) is 1.52. The van der Waals surface area contributed by atoms with E-state index in [1.165, 1.54) is 0 Å². The van der Waals surface area contributed by atoms with E-state index in [1.807, 2.05) is 35.2 Å². The van der Waals surface area contributed by atoms with Crippen molar-refractivity contribution in [2.75, 3.05) is 13.1 Å². The fourth-order valence-corrected chi connectivity index (χ4v) is 3.98. The number of aromatic nitrogens is 1. The van der Waals surface area contributed by atoms with Crippen molar-refractivity contribution < 1.29 is 9.59 Å². The topological polar surface area (TPSA) is 62.3 Å². The van der Waals surface area contributed by atoms with Crippen LogP contribution in [0.2, 0.25) is 0 Å². The minimum absolute atomic E-state index is 0.0203. The molecule has 2 aromatic rings. The van der Waals surface area contributed by atoms with E-state index in [9.17, 15) is 9.59 Å². The highest BCUT2D eigenvalue weighted by Crippen LogP contribution is 2.39. The molecule has 2 fully saturated rings. The molecule has 4 rings (SSSR count). The van der Waals surface area contributed by atoms with Gasteiger partial charge in [0, 0.05) is 31.0 Å². The lowest BCUT2D eigenvalue weighted by atomic mass is 9.82. The molecule has 0 radical (unpaired) electrons. The van der Waals surface area contributed by atoms with Gasteiger partial charge < -0.3 is 10.2 Å². The molecule has 1 aromatic heterocycles. The number of pyridine rings is 1. The van der Waals surface area contributed by atoms with Crippen LogP contribution in [-0.4, -0.2) is 40.3 Å². The second kappa shape index (κ2) is 6.31. The quantitative estimate of drug-likeness (QED) is 0.916. The minimum Gasteiger partial charge on any atom is -0.350 e. The summed E-state index contributed by atoms with van der Waals surface area (Å²) in [5, 5.41) is 3.23. The number of benzene rings is 1. The summed E-state index contributed by atoms with van der Waals surface area (Å²) in [5.74, 6) is 0.0480. The van der Waals surface area contributed by atoms with E-state index in [0.717, 1.165) is 24.8 Å². The lowest BCUT2D eigenvalue weighted by Gasteiger charge is -2.39. The fourth-order valence-electron chi connectivity index (χ4n) is 3.98. The van der Waals surface area contributed by atoms with Crippen LogP contribution in [0.5, 0.6) is 0 Å². The first-order valence-electron chi connectivity index (χ1n) is 8.73. The van der Waals surface area contributed by atoms with Gasteiger partial charge in [0.1, 0.15) is 0 Å². The number of amides is 2. The van der Waals surface area contributed by atoms with Crippen LogP contribution in [0.3, 0.4) is 0 Å². The van der Waals surface area contributed by atoms with Crippen LogP contribution in [0.1, 0.15) is 41.1 Å². The SMILES string of the molecule is O=C1NC2(CCN(C(=O)c3cccnc3)CC2)CC1c1ccccc1.